The van der Waals surface area contributed by atoms with Crippen LogP contribution in [0.1, 0.15) is 30.1 Å². The summed E-state index contributed by atoms with van der Waals surface area (Å²) < 4.78 is 10.3. The zero-order chi connectivity index (χ0) is 11.6. The molecule has 0 saturated heterocycles. The molecule has 0 aliphatic carbocycles. The second-order valence-corrected chi connectivity index (χ2v) is 3.34. The van der Waals surface area contributed by atoms with Gasteiger partial charge in [0.15, 0.2) is 0 Å². The molecule has 0 radical (unpaired) electrons. The van der Waals surface area contributed by atoms with Crippen LogP contribution >= 0.6 is 0 Å². The van der Waals surface area contributed by atoms with Gasteiger partial charge in [0.25, 0.3) is 0 Å². The van der Waals surface area contributed by atoms with Crippen molar-refractivity contribution in [2.75, 3.05) is 19.8 Å². The number of carbonyl (C=O) groups excluding carboxylic acids is 1. The number of nitrogens with zero attached hydrogens (tertiary/aromatic N) is 1. The molecule has 0 saturated carbocycles. The van der Waals surface area contributed by atoms with Gasteiger partial charge in [-0.1, -0.05) is 13.3 Å². The molecule has 4 heteroatoms. The highest BCUT2D eigenvalue weighted by Crippen LogP contribution is 1.98. The average Bonchev–Trinajstić information content (AvgIpc) is 2.34. The van der Waals surface area contributed by atoms with Crippen LogP contribution in [0.15, 0.2) is 24.5 Å². The number of hydrogen-bond donors (Lipinski definition) is 0. The number of ether oxygens (including phenoxy) is 2. The first-order valence-corrected chi connectivity index (χ1v) is 5.49. The molecule has 1 aromatic rings. The van der Waals surface area contributed by atoms with Gasteiger partial charge in [0.2, 0.25) is 0 Å². The second kappa shape index (κ2) is 7.82. The van der Waals surface area contributed by atoms with Crippen molar-refractivity contribution in [3.05, 3.63) is 30.1 Å². The van der Waals surface area contributed by atoms with Crippen molar-refractivity contribution in [3.8, 4) is 0 Å². The van der Waals surface area contributed by atoms with Gasteiger partial charge in [0, 0.05) is 19.0 Å². The molecule has 88 valence electrons. The number of esters is 1. The monoisotopic (exact) mass is 223 g/mol. The van der Waals surface area contributed by atoms with Crippen molar-refractivity contribution < 1.29 is 14.3 Å². The van der Waals surface area contributed by atoms with Crippen LogP contribution in [0.25, 0.3) is 0 Å². The van der Waals surface area contributed by atoms with Crippen LogP contribution < -0.4 is 0 Å². The van der Waals surface area contributed by atoms with Gasteiger partial charge in [-0.3, -0.25) is 4.98 Å². The summed E-state index contributed by atoms with van der Waals surface area (Å²) in [5.41, 5.74) is 0.469. The van der Waals surface area contributed by atoms with Crippen LogP contribution in [0.2, 0.25) is 0 Å². The molecule has 0 spiro atoms. The molecule has 0 atom stereocenters. The molecular formula is C12H17NO3. The number of rotatable bonds is 7. The Morgan fingerprint density at radius 3 is 2.94 bits per heavy atom. The Balaban J connectivity index is 2.12. The fourth-order valence-electron chi connectivity index (χ4n) is 1.11. The molecule has 16 heavy (non-hydrogen) atoms. The van der Waals surface area contributed by atoms with E-state index < -0.39 is 0 Å². The van der Waals surface area contributed by atoms with Crippen LogP contribution in [0.5, 0.6) is 0 Å². The Morgan fingerprint density at radius 2 is 2.25 bits per heavy atom. The third-order valence-corrected chi connectivity index (χ3v) is 2.00. The Morgan fingerprint density at radius 1 is 1.38 bits per heavy atom. The molecule has 0 unspecified atom stereocenters. The molecule has 0 bridgehead atoms. The van der Waals surface area contributed by atoms with E-state index in [2.05, 4.69) is 11.9 Å². The zero-order valence-electron chi connectivity index (χ0n) is 9.52. The van der Waals surface area contributed by atoms with Crippen LogP contribution in [-0.2, 0) is 9.47 Å². The third-order valence-electron chi connectivity index (χ3n) is 2.00. The minimum Gasteiger partial charge on any atom is -0.460 e. The molecule has 0 fully saturated rings. The molecule has 0 N–H and O–H groups in total. The maximum absolute atomic E-state index is 11.4. The molecule has 1 aromatic heterocycles. The number of pyridine rings is 1. The minimum absolute atomic E-state index is 0.289. The standard InChI is InChI=1S/C12H17NO3/c1-2-3-7-15-8-9-16-12(14)11-5-4-6-13-10-11/h4-6,10H,2-3,7-9H2,1H3. The molecular weight excluding hydrogens is 206 g/mol. The predicted molar refractivity (Wildman–Crippen MR) is 60.2 cm³/mol. The molecule has 1 heterocycles. The van der Waals surface area contributed by atoms with Gasteiger partial charge in [0.05, 0.1) is 12.2 Å². The molecule has 0 aromatic carbocycles. The van der Waals surface area contributed by atoms with Crippen LogP contribution in [-0.4, -0.2) is 30.8 Å². The van der Waals surface area contributed by atoms with Gasteiger partial charge in [-0.25, -0.2) is 4.79 Å². The highest BCUT2D eigenvalue weighted by Gasteiger charge is 2.05. The first-order valence-electron chi connectivity index (χ1n) is 5.49. The Bertz CT molecular complexity index is 300. The van der Waals surface area contributed by atoms with Gasteiger partial charge in [-0.2, -0.15) is 0 Å². The summed E-state index contributed by atoms with van der Waals surface area (Å²) in [6.07, 6.45) is 5.25. The summed E-state index contributed by atoms with van der Waals surface area (Å²) in [7, 11) is 0. The quantitative estimate of drug-likeness (QED) is 0.524. The molecule has 1 rings (SSSR count). The van der Waals surface area contributed by atoms with Gasteiger partial charge in [-0.15, -0.1) is 0 Å². The van der Waals surface area contributed by atoms with E-state index in [1.54, 1.807) is 18.3 Å². The lowest BCUT2D eigenvalue weighted by Crippen LogP contribution is -2.11. The van der Waals surface area contributed by atoms with E-state index in [1.165, 1.54) is 6.20 Å². The largest absolute Gasteiger partial charge is 0.460 e. The Hall–Kier alpha value is -1.42. The lowest BCUT2D eigenvalue weighted by atomic mass is 10.3. The number of hydrogen-bond acceptors (Lipinski definition) is 4. The van der Waals surface area contributed by atoms with Crippen molar-refractivity contribution in [2.24, 2.45) is 0 Å². The zero-order valence-corrected chi connectivity index (χ0v) is 9.52. The van der Waals surface area contributed by atoms with Crippen LogP contribution in [0.4, 0.5) is 0 Å². The van der Waals surface area contributed by atoms with Crippen LogP contribution in [0, 0.1) is 0 Å². The first kappa shape index (κ1) is 12.6. The summed E-state index contributed by atoms with van der Waals surface area (Å²) in [5, 5.41) is 0. The fourth-order valence-corrected chi connectivity index (χ4v) is 1.11. The van der Waals surface area contributed by atoms with E-state index in [1.807, 2.05) is 0 Å². The van der Waals surface area contributed by atoms with E-state index >= 15 is 0 Å². The van der Waals surface area contributed by atoms with Gasteiger partial charge in [-0.05, 0) is 18.6 Å². The third kappa shape index (κ3) is 4.89. The highest BCUT2D eigenvalue weighted by molar-refractivity contribution is 5.88. The molecule has 0 aliphatic rings. The smallest absolute Gasteiger partial charge is 0.339 e. The van der Waals surface area contributed by atoms with Crippen molar-refractivity contribution in [3.63, 3.8) is 0 Å². The second-order valence-electron chi connectivity index (χ2n) is 3.34. The van der Waals surface area contributed by atoms with Gasteiger partial charge in [0.1, 0.15) is 6.61 Å². The van der Waals surface area contributed by atoms with Crippen molar-refractivity contribution in [1.29, 1.82) is 0 Å². The fraction of sp³-hybridized carbons (Fsp3) is 0.500. The normalized spacial score (nSPS) is 10.1. The maximum Gasteiger partial charge on any atom is 0.339 e. The van der Waals surface area contributed by atoms with E-state index in [0.29, 0.717) is 12.2 Å². The molecule has 0 aliphatic heterocycles. The summed E-state index contributed by atoms with van der Waals surface area (Å²) in [6, 6.07) is 3.38. The number of aromatic nitrogens is 1. The minimum atomic E-state index is -0.354. The lowest BCUT2D eigenvalue weighted by Gasteiger charge is -2.05. The van der Waals surface area contributed by atoms with Gasteiger partial charge >= 0.3 is 5.97 Å². The topological polar surface area (TPSA) is 48.4 Å². The summed E-state index contributed by atoms with van der Waals surface area (Å²) in [5.74, 6) is -0.354. The number of carbonyl (C=O) groups is 1. The van der Waals surface area contributed by atoms with Gasteiger partial charge < -0.3 is 9.47 Å². The summed E-state index contributed by atoms with van der Waals surface area (Å²) in [4.78, 5) is 15.3. The average molecular weight is 223 g/mol. The predicted octanol–water partition coefficient (Wildman–Crippen LogP) is 2.06. The van der Waals surface area contributed by atoms with E-state index in [0.717, 1.165) is 19.4 Å². The number of unbranched alkanes of at least 4 members (excludes halogenated alkanes) is 1. The summed E-state index contributed by atoms with van der Waals surface area (Å²) in [6.45, 7) is 3.57. The molecule has 4 nitrogen and oxygen atoms in total. The maximum atomic E-state index is 11.4. The lowest BCUT2D eigenvalue weighted by molar-refractivity contribution is 0.0313. The SMILES string of the molecule is CCCCOCCOC(=O)c1cccnc1. The van der Waals surface area contributed by atoms with E-state index in [-0.39, 0.29) is 12.6 Å². The molecule has 0 amide bonds. The first-order chi connectivity index (χ1) is 7.84. The van der Waals surface area contributed by atoms with E-state index in [9.17, 15) is 4.79 Å². The Kier molecular flexibility index (Phi) is 6.18. The van der Waals surface area contributed by atoms with Crippen molar-refractivity contribution in [2.45, 2.75) is 19.8 Å². The highest BCUT2D eigenvalue weighted by atomic mass is 16.6. The summed E-state index contributed by atoms with van der Waals surface area (Å²) >= 11 is 0. The van der Waals surface area contributed by atoms with Crippen molar-refractivity contribution >= 4 is 5.97 Å². The Labute approximate surface area is 95.6 Å². The van der Waals surface area contributed by atoms with Crippen molar-refractivity contribution in [1.82, 2.24) is 4.98 Å². The van der Waals surface area contributed by atoms with Crippen LogP contribution in [0.3, 0.4) is 0 Å². The van der Waals surface area contributed by atoms with E-state index in [4.69, 9.17) is 9.47 Å².